The van der Waals surface area contributed by atoms with Gasteiger partial charge in [-0.2, -0.15) is 0 Å². The molecular formula is C25H44NO9P. The van der Waals surface area contributed by atoms with Crippen LogP contribution in [-0.2, 0) is 37.7 Å². The number of carbonyl (C=O) groups excluding carboxylic acids is 1. The molecule has 36 heavy (non-hydrogen) atoms. The van der Waals surface area contributed by atoms with Gasteiger partial charge in [-0.05, 0) is 70.6 Å². The Morgan fingerprint density at radius 1 is 1.11 bits per heavy atom. The highest BCUT2D eigenvalue weighted by molar-refractivity contribution is 7.53. The standard InChI is InChI=1S/C25H44NO9P/c1-6-30-36(29,31-7-2)16-8-15-26(28)22(27)12-11-21-18(4)20-10-9-17(3)19-13-14-24(5)33-23(32-21)25(19,20)35-34-24/h17-21,23,28H,6-16H2,1-5H3/t17-,18-,19+,20+,21-,23-,24+,25?/m1/s1. The molecule has 1 amide bonds. The van der Waals surface area contributed by atoms with Crippen molar-refractivity contribution in [3.05, 3.63) is 0 Å². The summed E-state index contributed by atoms with van der Waals surface area (Å²) >= 11 is 0. The molecule has 0 radical (unpaired) electrons. The van der Waals surface area contributed by atoms with Crippen molar-refractivity contribution in [3.8, 4) is 0 Å². The third kappa shape index (κ3) is 5.43. The molecule has 0 aromatic rings. The molecular weight excluding hydrogens is 489 g/mol. The minimum absolute atomic E-state index is 0.0601. The Kier molecular flexibility index (Phi) is 8.90. The molecule has 1 spiro atoms. The van der Waals surface area contributed by atoms with Crippen LogP contribution >= 0.6 is 7.60 Å². The quantitative estimate of drug-likeness (QED) is 0.172. The average molecular weight is 534 g/mol. The average Bonchev–Trinajstić information content (AvgIpc) is 3.06. The highest BCUT2D eigenvalue weighted by atomic mass is 31.2. The zero-order valence-electron chi connectivity index (χ0n) is 22.3. The molecule has 1 saturated carbocycles. The van der Waals surface area contributed by atoms with Gasteiger partial charge < -0.3 is 18.5 Å². The number of rotatable bonds is 11. The van der Waals surface area contributed by atoms with Gasteiger partial charge in [0.15, 0.2) is 11.9 Å². The molecule has 11 heteroatoms. The summed E-state index contributed by atoms with van der Waals surface area (Å²) in [5, 5.41) is 11.0. The lowest BCUT2D eigenvalue weighted by Crippen LogP contribution is -2.70. The second-order valence-electron chi connectivity index (χ2n) is 11.0. The summed E-state index contributed by atoms with van der Waals surface area (Å²) in [7, 11) is -3.20. The van der Waals surface area contributed by atoms with Crippen LogP contribution in [0.5, 0.6) is 0 Å². The molecule has 4 saturated heterocycles. The molecule has 1 N–H and O–H groups in total. The van der Waals surface area contributed by atoms with E-state index in [0.717, 1.165) is 25.7 Å². The second kappa shape index (κ2) is 11.3. The molecule has 1 aliphatic carbocycles. The third-order valence-electron chi connectivity index (χ3n) is 8.68. The van der Waals surface area contributed by atoms with Crippen molar-refractivity contribution >= 4 is 13.5 Å². The van der Waals surface area contributed by atoms with E-state index in [2.05, 4.69) is 13.8 Å². The Labute approximate surface area is 214 Å². The summed E-state index contributed by atoms with van der Waals surface area (Å²) in [6.07, 6.45) is 4.19. The number of fused-ring (bicyclic) bond motifs is 2. The van der Waals surface area contributed by atoms with Crippen molar-refractivity contribution in [2.75, 3.05) is 25.9 Å². The fourth-order valence-corrected chi connectivity index (χ4v) is 8.45. The van der Waals surface area contributed by atoms with E-state index >= 15 is 0 Å². The first kappa shape index (κ1) is 28.4. The number of nitrogens with zero attached hydrogens (tertiary/aromatic N) is 1. The van der Waals surface area contributed by atoms with Gasteiger partial charge >= 0.3 is 7.60 Å². The van der Waals surface area contributed by atoms with Gasteiger partial charge in [-0.25, -0.2) is 14.8 Å². The lowest BCUT2D eigenvalue weighted by Gasteiger charge is -2.60. The maximum atomic E-state index is 12.7. The Hall–Kier alpha value is -0.580. The van der Waals surface area contributed by atoms with E-state index in [4.69, 9.17) is 28.3 Å². The fraction of sp³-hybridized carbons (Fsp3) is 0.960. The van der Waals surface area contributed by atoms with Crippen molar-refractivity contribution in [1.82, 2.24) is 5.06 Å². The van der Waals surface area contributed by atoms with E-state index in [0.29, 0.717) is 29.7 Å². The SMILES string of the molecule is CCOP(=O)(CCCN(O)C(=O)CC[C@H]1O[C@@H]2O[C@]3(C)CC[C@H]4[C@H](C)CC[C@@H]([C@H]1C)C24OO3)OCC. The first-order valence-electron chi connectivity index (χ1n) is 13.6. The molecule has 8 atom stereocenters. The van der Waals surface area contributed by atoms with Crippen LogP contribution < -0.4 is 0 Å². The predicted octanol–water partition coefficient (Wildman–Crippen LogP) is 4.89. The lowest BCUT2D eigenvalue weighted by atomic mass is 9.57. The summed E-state index contributed by atoms with van der Waals surface area (Å²) in [5.74, 6) is -0.0746. The van der Waals surface area contributed by atoms with E-state index in [-0.39, 0.29) is 50.3 Å². The van der Waals surface area contributed by atoms with Crippen molar-refractivity contribution in [2.24, 2.45) is 23.7 Å². The van der Waals surface area contributed by atoms with Crippen LogP contribution in [0.25, 0.3) is 0 Å². The second-order valence-corrected chi connectivity index (χ2v) is 13.2. The Bertz CT molecular complexity index is 819. The van der Waals surface area contributed by atoms with Gasteiger partial charge in [0.2, 0.25) is 11.7 Å². The van der Waals surface area contributed by atoms with Crippen LogP contribution in [0.1, 0.15) is 79.6 Å². The number of amides is 1. The van der Waals surface area contributed by atoms with Crippen LogP contribution in [0.4, 0.5) is 0 Å². The van der Waals surface area contributed by atoms with E-state index in [1.165, 1.54) is 0 Å². The highest BCUT2D eigenvalue weighted by Crippen LogP contribution is 2.60. The predicted molar refractivity (Wildman–Crippen MR) is 130 cm³/mol. The zero-order chi connectivity index (χ0) is 26.1. The molecule has 1 unspecified atom stereocenters. The van der Waals surface area contributed by atoms with Crippen LogP contribution in [0.3, 0.4) is 0 Å². The third-order valence-corrected chi connectivity index (χ3v) is 10.8. The Morgan fingerprint density at radius 2 is 1.83 bits per heavy atom. The summed E-state index contributed by atoms with van der Waals surface area (Å²) < 4.78 is 36.0. The fourth-order valence-electron chi connectivity index (χ4n) is 6.80. The van der Waals surface area contributed by atoms with Gasteiger partial charge in [-0.1, -0.05) is 13.8 Å². The Morgan fingerprint density at radius 3 is 2.53 bits per heavy atom. The molecule has 4 aliphatic heterocycles. The van der Waals surface area contributed by atoms with Gasteiger partial charge in [0.25, 0.3) is 0 Å². The maximum Gasteiger partial charge on any atom is 0.330 e. The molecule has 0 aromatic heterocycles. The summed E-state index contributed by atoms with van der Waals surface area (Å²) in [5.41, 5.74) is -0.619. The molecule has 0 aromatic carbocycles. The van der Waals surface area contributed by atoms with Gasteiger partial charge in [0.05, 0.1) is 25.5 Å². The molecule has 2 bridgehead atoms. The summed E-state index contributed by atoms with van der Waals surface area (Å²) in [4.78, 5) is 24.7. The number of ether oxygens (including phenoxy) is 2. The smallest absolute Gasteiger partial charge is 0.330 e. The van der Waals surface area contributed by atoms with Gasteiger partial charge in [-0.3, -0.25) is 14.6 Å². The summed E-state index contributed by atoms with van der Waals surface area (Å²) in [6.45, 7) is 10.5. The van der Waals surface area contributed by atoms with Gasteiger partial charge in [-0.15, -0.1) is 0 Å². The van der Waals surface area contributed by atoms with Crippen molar-refractivity contribution in [3.63, 3.8) is 0 Å². The largest absolute Gasteiger partial charge is 0.346 e. The number of hydrogen-bond donors (Lipinski definition) is 1. The van der Waals surface area contributed by atoms with Crippen molar-refractivity contribution < 1.29 is 42.9 Å². The number of hydroxylamine groups is 2. The van der Waals surface area contributed by atoms with E-state index < -0.39 is 31.2 Å². The number of hydrogen-bond acceptors (Lipinski definition) is 9. The van der Waals surface area contributed by atoms with E-state index in [1.807, 2.05) is 6.92 Å². The van der Waals surface area contributed by atoms with E-state index in [1.54, 1.807) is 13.8 Å². The molecule has 5 fully saturated rings. The van der Waals surface area contributed by atoms with Crippen molar-refractivity contribution in [2.45, 2.75) is 103 Å². The topological polar surface area (TPSA) is 113 Å². The minimum Gasteiger partial charge on any atom is -0.346 e. The van der Waals surface area contributed by atoms with Crippen molar-refractivity contribution in [1.29, 1.82) is 0 Å². The Balaban J connectivity index is 1.34. The van der Waals surface area contributed by atoms with Crippen LogP contribution in [0.15, 0.2) is 0 Å². The van der Waals surface area contributed by atoms with Gasteiger partial charge in [0.1, 0.15) is 0 Å². The van der Waals surface area contributed by atoms with Crippen LogP contribution in [0, 0.1) is 23.7 Å². The molecule has 208 valence electrons. The van der Waals surface area contributed by atoms with E-state index in [9.17, 15) is 14.6 Å². The monoisotopic (exact) mass is 533 g/mol. The zero-order valence-corrected chi connectivity index (χ0v) is 23.2. The van der Waals surface area contributed by atoms with Crippen LogP contribution in [-0.4, -0.2) is 65.9 Å². The first-order chi connectivity index (χ1) is 17.1. The minimum atomic E-state index is -3.20. The lowest BCUT2D eigenvalue weighted by molar-refractivity contribution is -0.571. The van der Waals surface area contributed by atoms with Crippen LogP contribution in [0.2, 0.25) is 0 Å². The molecule has 5 aliphatic rings. The first-order valence-corrected chi connectivity index (χ1v) is 15.4. The molecule has 4 heterocycles. The number of carbonyl (C=O) groups is 1. The summed E-state index contributed by atoms with van der Waals surface area (Å²) in [6, 6.07) is 0. The maximum absolute atomic E-state index is 12.7. The highest BCUT2D eigenvalue weighted by Gasteiger charge is 2.69. The molecule has 10 nitrogen and oxygen atoms in total. The van der Waals surface area contributed by atoms with Gasteiger partial charge in [0, 0.05) is 25.3 Å². The molecule has 5 rings (SSSR count). The normalized spacial score (nSPS) is 39.9.